The van der Waals surface area contributed by atoms with Crippen molar-refractivity contribution in [2.24, 2.45) is 11.3 Å². The number of benzene rings is 1. The Bertz CT molecular complexity index is 700. The summed E-state index contributed by atoms with van der Waals surface area (Å²) in [5.41, 5.74) is 1.50. The number of aryl methyl sites for hydroxylation is 2. The average Bonchev–Trinajstić information content (AvgIpc) is 3.17. The third-order valence-corrected chi connectivity index (χ3v) is 5.85. The van der Waals surface area contributed by atoms with E-state index in [2.05, 4.69) is 5.32 Å². The Hall–Kier alpha value is -2.37. The molecule has 1 saturated carbocycles. The number of hydrogen-bond acceptors (Lipinski definition) is 3. The zero-order valence-electron chi connectivity index (χ0n) is 15.2. The van der Waals surface area contributed by atoms with Crippen molar-refractivity contribution in [3.63, 3.8) is 0 Å². The SMILES string of the molecule is Cc1ccc(CCC(=O)NCC(=O)N2C[C@@H]3CCC[C@@]3(C(=O)O)C2)cc1. The number of aliphatic carboxylic acids is 1. The Morgan fingerprint density at radius 1 is 1.27 bits per heavy atom. The number of carbonyl (C=O) groups is 3. The van der Waals surface area contributed by atoms with E-state index in [-0.39, 0.29) is 30.8 Å². The third-order valence-electron chi connectivity index (χ3n) is 5.85. The van der Waals surface area contributed by atoms with Crippen molar-refractivity contribution in [2.45, 2.75) is 39.0 Å². The Morgan fingerprint density at radius 2 is 2.00 bits per heavy atom. The molecule has 1 aliphatic carbocycles. The van der Waals surface area contributed by atoms with Crippen molar-refractivity contribution in [2.75, 3.05) is 19.6 Å². The summed E-state index contributed by atoms with van der Waals surface area (Å²) in [6.07, 6.45) is 3.37. The summed E-state index contributed by atoms with van der Waals surface area (Å²) in [5, 5.41) is 12.3. The summed E-state index contributed by atoms with van der Waals surface area (Å²) in [6, 6.07) is 8.03. The molecule has 1 saturated heterocycles. The fraction of sp³-hybridized carbons (Fsp3) is 0.550. The largest absolute Gasteiger partial charge is 0.481 e. The highest BCUT2D eigenvalue weighted by Crippen LogP contribution is 2.48. The highest BCUT2D eigenvalue weighted by Gasteiger charge is 2.55. The summed E-state index contributed by atoms with van der Waals surface area (Å²) in [5.74, 6) is -1.10. The molecule has 2 aliphatic rings. The minimum atomic E-state index is -0.794. The quantitative estimate of drug-likeness (QED) is 0.811. The predicted molar refractivity (Wildman–Crippen MR) is 96.5 cm³/mol. The Morgan fingerprint density at radius 3 is 2.65 bits per heavy atom. The van der Waals surface area contributed by atoms with Crippen LogP contribution in [0.3, 0.4) is 0 Å². The lowest BCUT2D eigenvalue weighted by Gasteiger charge is -2.23. The van der Waals surface area contributed by atoms with Crippen molar-refractivity contribution < 1.29 is 19.5 Å². The van der Waals surface area contributed by atoms with Crippen LogP contribution in [0, 0.1) is 18.3 Å². The Kier molecular flexibility index (Phi) is 5.30. The van der Waals surface area contributed by atoms with Crippen LogP contribution in [0.5, 0.6) is 0 Å². The van der Waals surface area contributed by atoms with Gasteiger partial charge in [0.15, 0.2) is 0 Å². The Balaban J connectivity index is 1.45. The van der Waals surface area contributed by atoms with Crippen molar-refractivity contribution in [1.82, 2.24) is 10.2 Å². The van der Waals surface area contributed by atoms with E-state index in [1.807, 2.05) is 31.2 Å². The average molecular weight is 358 g/mol. The molecule has 1 heterocycles. The molecule has 0 bridgehead atoms. The molecule has 1 aromatic carbocycles. The molecule has 2 amide bonds. The molecule has 3 rings (SSSR count). The molecule has 140 valence electrons. The lowest BCUT2D eigenvalue weighted by atomic mass is 9.81. The van der Waals surface area contributed by atoms with Crippen LogP contribution in [0.25, 0.3) is 0 Å². The van der Waals surface area contributed by atoms with E-state index < -0.39 is 11.4 Å². The number of hydrogen-bond donors (Lipinski definition) is 2. The zero-order valence-corrected chi connectivity index (χ0v) is 15.2. The van der Waals surface area contributed by atoms with E-state index in [4.69, 9.17) is 0 Å². The second-order valence-corrected chi connectivity index (χ2v) is 7.59. The molecule has 2 fully saturated rings. The van der Waals surface area contributed by atoms with Gasteiger partial charge in [-0.05, 0) is 37.7 Å². The topological polar surface area (TPSA) is 86.7 Å². The normalized spacial score (nSPS) is 24.3. The van der Waals surface area contributed by atoms with Gasteiger partial charge >= 0.3 is 5.97 Å². The number of carboxylic acid groups (broad SMARTS) is 1. The van der Waals surface area contributed by atoms with Crippen molar-refractivity contribution in [3.05, 3.63) is 35.4 Å². The first-order chi connectivity index (χ1) is 12.4. The van der Waals surface area contributed by atoms with E-state index in [0.717, 1.165) is 18.4 Å². The molecule has 2 N–H and O–H groups in total. The van der Waals surface area contributed by atoms with Crippen LogP contribution in [0.4, 0.5) is 0 Å². The van der Waals surface area contributed by atoms with Gasteiger partial charge in [-0.15, -0.1) is 0 Å². The van der Waals surface area contributed by atoms with Gasteiger partial charge in [0, 0.05) is 19.5 Å². The maximum absolute atomic E-state index is 12.4. The number of carboxylic acids is 1. The van der Waals surface area contributed by atoms with Crippen LogP contribution < -0.4 is 5.32 Å². The van der Waals surface area contributed by atoms with Gasteiger partial charge < -0.3 is 15.3 Å². The maximum atomic E-state index is 12.4. The second-order valence-electron chi connectivity index (χ2n) is 7.59. The van der Waals surface area contributed by atoms with Crippen LogP contribution in [-0.2, 0) is 20.8 Å². The number of nitrogens with one attached hydrogen (secondary N) is 1. The van der Waals surface area contributed by atoms with Gasteiger partial charge in [0.2, 0.25) is 11.8 Å². The number of fused-ring (bicyclic) bond motifs is 1. The van der Waals surface area contributed by atoms with Gasteiger partial charge in [0.05, 0.1) is 12.0 Å². The number of amides is 2. The van der Waals surface area contributed by atoms with E-state index in [1.54, 1.807) is 4.90 Å². The van der Waals surface area contributed by atoms with E-state index in [1.165, 1.54) is 5.56 Å². The number of carbonyl (C=O) groups excluding carboxylic acids is 2. The predicted octanol–water partition coefficient (Wildman–Crippen LogP) is 1.76. The third kappa shape index (κ3) is 3.74. The minimum absolute atomic E-state index is 0.0428. The van der Waals surface area contributed by atoms with Gasteiger partial charge in [-0.25, -0.2) is 0 Å². The van der Waals surface area contributed by atoms with Crippen LogP contribution in [-0.4, -0.2) is 47.4 Å². The first-order valence-electron chi connectivity index (χ1n) is 9.24. The van der Waals surface area contributed by atoms with Crippen LogP contribution >= 0.6 is 0 Å². The van der Waals surface area contributed by atoms with Crippen molar-refractivity contribution in [3.8, 4) is 0 Å². The van der Waals surface area contributed by atoms with Crippen LogP contribution in [0.2, 0.25) is 0 Å². The molecule has 26 heavy (non-hydrogen) atoms. The summed E-state index contributed by atoms with van der Waals surface area (Å²) in [6.45, 7) is 2.72. The van der Waals surface area contributed by atoms with E-state index >= 15 is 0 Å². The van der Waals surface area contributed by atoms with Gasteiger partial charge in [-0.3, -0.25) is 14.4 Å². The highest BCUT2D eigenvalue weighted by atomic mass is 16.4. The monoisotopic (exact) mass is 358 g/mol. The molecule has 1 aromatic rings. The number of nitrogens with zero attached hydrogens (tertiary/aromatic N) is 1. The highest BCUT2D eigenvalue weighted by molar-refractivity contribution is 5.86. The molecule has 2 atom stereocenters. The molecule has 1 aliphatic heterocycles. The number of rotatable bonds is 6. The van der Waals surface area contributed by atoms with Crippen LogP contribution in [0.15, 0.2) is 24.3 Å². The fourth-order valence-corrected chi connectivity index (χ4v) is 4.22. The second kappa shape index (κ2) is 7.48. The molecule has 6 nitrogen and oxygen atoms in total. The molecular weight excluding hydrogens is 332 g/mol. The van der Waals surface area contributed by atoms with Gasteiger partial charge in [-0.2, -0.15) is 0 Å². The van der Waals surface area contributed by atoms with Crippen molar-refractivity contribution >= 4 is 17.8 Å². The lowest BCUT2D eigenvalue weighted by molar-refractivity contribution is -0.149. The molecule has 0 unspecified atom stereocenters. The molecule has 0 spiro atoms. The smallest absolute Gasteiger partial charge is 0.311 e. The van der Waals surface area contributed by atoms with Gasteiger partial charge in [-0.1, -0.05) is 36.2 Å². The van der Waals surface area contributed by atoms with E-state index in [9.17, 15) is 19.5 Å². The zero-order chi connectivity index (χ0) is 18.7. The summed E-state index contributed by atoms with van der Waals surface area (Å²) >= 11 is 0. The first-order valence-corrected chi connectivity index (χ1v) is 9.24. The van der Waals surface area contributed by atoms with Gasteiger partial charge in [0.25, 0.3) is 0 Å². The molecule has 0 aromatic heterocycles. The lowest BCUT2D eigenvalue weighted by Crippen LogP contribution is -2.41. The van der Waals surface area contributed by atoms with E-state index in [0.29, 0.717) is 25.8 Å². The molecule has 6 heteroatoms. The molecule has 0 radical (unpaired) electrons. The summed E-state index contributed by atoms with van der Waals surface area (Å²) in [4.78, 5) is 37.7. The van der Waals surface area contributed by atoms with Crippen molar-refractivity contribution in [1.29, 1.82) is 0 Å². The summed E-state index contributed by atoms with van der Waals surface area (Å²) in [7, 11) is 0. The standard InChI is InChI=1S/C20H26N2O4/c1-14-4-6-15(7-5-14)8-9-17(23)21-11-18(24)22-12-16-3-2-10-20(16,13-22)19(25)26/h4-7,16H,2-3,8-13H2,1H3,(H,21,23)(H,25,26)/t16-,20+/m0/s1. The number of likely N-dealkylation sites (tertiary alicyclic amines) is 1. The minimum Gasteiger partial charge on any atom is -0.481 e. The van der Waals surface area contributed by atoms with Crippen LogP contribution in [0.1, 0.15) is 36.8 Å². The fourth-order valence-electron chi connectivity index (χ4n) is 4.22. The first kappa shape index (κ1) is 18.4. The summed E-state index contributed by atoms with van der Waals surface area (Å²) < 4.78 is 0. The molecular formula is C20H26N2O4. The van der Waals surface area contributed by atoms with Gasteiger partial charge in [0.1, 0.15) is 0 Å². The Labute approximate surface area is 153 Å². The maximum Gasteiger partial charge on any atom is 0.311 e.